The lowest BCUT2D eigenvalue weighted by Gasteiger charge is -2.14. The van der Waals surface area contributed by atoms with Crippen LogP contribution in [0, 0.1) is 0 Å². The third-order valence-corrected chi connectivity index (χ3v) is 5.45. The number of nitrogens with zero attached hydrogens (tertiary/aromatic N) is 1. The maximum Gasteiger partial charge on any atom is 0.266 e. The summed E-state index contributed by atoms with van der Waals surface area (Å²) in [5, 5.41) is 0.660. The number of halogens is 1. The molecule has 0 aromatic heterocycles. The molecule has 126 valence electrons. The summed E-state index contributed by atoms with van der Waals surface area (Å²) in [5.74, 6) is 1.32. The van der Waals surface area contributed by atoms with Crippen LogP contribution in [0.2, 0.25) is 5.02 Å². The van der Waals surface area contributed by atoms with Crippen LogP contribution in [0.3, 0.4) is 0 Å². The van der Waals surface area contributed by atoms with Crippen LogP contribution < -0.4 is 9.47 Å². The fourth-order valence-electron chi connectivity index (χ4n) is 2.57. The molecule has 1 saturated heterocycles. The van der Waals surface area contributed by atoms with Gasteiger partial charge in [0.1, 0.15) is 4.32 Å². The molecule has 7 heteroatoms. The lowest BCUT2D eigenvalue weighted by atomic mass is 10.2. The van der Waals surface area contributed by atoms with Gasteiger partial charge in [-0.2, -0.15) is 0 Å². The van der Waals surface area contributed by atoms with E-state index in [0.717, 1.165) is 16.9 Å². The number of hydrogen-bond donors (Lipinski definition) is 0. The molecule has 1 amide bonds. The summed E-state index contributed by atoms with van der Waals surface area (Å²) in [7, 11) is 0. The van der Waals surface area contributed by atoms with Crippen molar-refractivity contribution in [1.29, 1.82) is 0 Å². The fourth-order valence-corrected chi connectivity index (χ4v) is 3.95. The van der Waals surface area contributed by atoms with Gasteiger partial charge in [0.2, 0.25) is 6.79 Å². The van der Waals surface area contributed by atoms with E-state index in [4.69, 9.17) is 33.3 Å². The Morgan fingerprint density at radius 1 is 1.16 bits per heavy atom. The van der Waals surface area contributed by atoms with Crippen LogP contribution in [0.25, 0.3) is 6.08 Å². The van der Waals surface area contributed by atoms with Gasteiger partial charge in [-0.05, 0) is 41.5 Å². The van der Waals surface area contributed by atoms with Gasteiger partial charge >= 0.3 is 0 Å². The minimum atomic E-state index is -0.0948. The smallest absolute Gasteiger partial charge is 0.266 e. The van der Waals surface area contributed by atoms with Crippen molar-refractivity contribution in [2.24, 2.45) is 0 Å². The van der Waals surface area contributed by atoms with E-state index in [0.29, 0.717) is 26.5 Å². The Labute approximate surface area is 159 Å². The van der Waals surface area contributed by atoms with Crippen LogP contribution >= 0.6 is 35.6 Å². The van der Waals surface area contributed by atoms with Gasteiger partial charge in [0, 0.05) is 5.02 Å². The molecule has 2 aromatic carbocycles. The Bertz CT molecular complexity index is 896. The average molecular weight is 390 g/mol. The molecule has 4 nitrogen and oxygen atoms in total. The number of thiocarbonyl (C=S) groups is 1. The molecule has 2 heterocycles. The summed E-state index contributed by atoms with van der Waals surface area (Å²) < 4.78 is 11.2. The Morgan fingerprint density at radius 2 is 1.92 bits per heavy atom. The average Bonchev–Trinajstić information content (AvgIpc) is 3.17. The molecule has 0 spiro atoms. The normalized spacial score (nSPS) is 17.6. The third kappa shape index (κ3) is 3.38. The largest absolute Gasteiger partial charge is 0.454 e. The minimum Gasteiger partial charge on any atom is -0.454 e. The first-order chi connectivity index (χ1) is 12.1. The molecule has 0 unspecified atom stereocenters. The highest BCUT2D eigenvalue weighted by Crippen LogP contribution is 2.36. The monoisotopic (exact) mass is 389 g/mol. The van der Waals surface area contributed by atoms with Crippen molar-refractivity contribution in [2.75, 3.05) is 6.79 Å². The van der Waals surface area contributed by atoms with Gasteiger partial charge in [-0.25, -0.2) is 0 Å². The number of amides is 1. The number of hydrogen-bond acceptors (Lipinski definition) is 5. The summed E-state index contributed by atoms with van der Waals surface area (Å²) in [6.07, 6.45) is 1.83. The van der Waals surface area contributed by atoms with E-state index in [-0.39, 0.29) is 12.7 Å². The summed E-state index contributed by atoms with van der Waals surface area (Å²) in [6.45, 7) is 0.628. The minimum absolute atomic E-state index is 0.0948. The SMILES string of the molecule is O=C1/C(=C\c2ccc(Cl)cc2)SC(=S)N1Cc1ccc2c(c1)OCO2. The van der Waals surface area contributed by atoms with Crippen LogP contribution in [0.5, 0.6) is 11.5 Å². The Hall–Kier alpha value is -2.02. The van der Waals surface area contributed by atoms with Gasteiger partial charge in [-0.15, -0.1) is 0 Å². The van der Waals surface area contributed by atoms with E-state index < -0.39 is 0 Å². The standard InChI is InChI=1S/C18H12ClNO3S2/c19-13-4-1-11(2-5-13)8-16-17(21)20(18(24)25-16)9-12-3-6-14-15(7-12)23-10-22-14/h1-8H,9-10H2/b16-8+. The van der Waals surface area contributed by atoms with E-state index in [1.807, 2.05) is 36.4 Å². The van der Waals surface area contributed by atoms with E-state index in [1.54, 1.807) is 17.0 Å². The second kappa shape index (κ2) is 6.71. The molecule has 2 aliphatic heterocycles. The number of ether oxygens (including phenoxy) is 2. The summed E-state index contributed by atoms with van der Waals surface area (Å²) in [4.78, 5) is 14.9. The number of thioether (sulfide) groups is 1. The molecule has 2 aromatic rings. The Kier molecular flexibility index (Phi) is 4.41. The first kappa shape index (κ1) is 16.4. The van der Waals surface area contributed by atoms with Gasteiger partial charge in [-0.1, -0.05) is 53.8 Å². The van der Waals surface area contributed by atoms with E-state index >= 15 is 0 Å². The molecule has 0 radical (unpaired) electrons. The molecule has 0 N–H and O–H groups in total. The van der Waals surface area contributed by atoms with Gasteiger partial charge in [0.25, 0.3) is 5.91 Å². The fraction of sp³-hybridized carbons (Fsp3) is 0.111. The van der Waals surface area contributed by atoms with Crippen molar-refractivity contribution in [2.45, 2.75) is 6.54 Å². The highest BCUT2D eigenvalue weighted by atomic mass is 35.5. The van der Waals surface area contributed by atoms with Crippen molar-refractivity contribution in [3.05, 3.63) is 63.5 Å². The zero-order valence-electron chi connectivity index (χ0n) is 12.9. The zero-order valence-corrected chi connectivity index (χ0v) is 15.3. The quantitative estimate of drug-likeness (QED) is 0.572. The van der Waals surface area contributed by atoms with E-state index in [1.165, 1.54) is 11.8 Å². The molecule has 0 saturated carbocycles. The van der Waals surface area contributed by atoms with Crippen molar-refractivity contribution < 1.29 is 14.3 Å². The molecule has 1 fully saturated rings. The van der Waals surface area contributed by atoms with E-state index in [9.17, 15) is 4.79 Å². The van der Waals surface area contributed by atoms with Gasteiger partial charge in [0.05, 0.1) is 11.4 Å². The number of benzene rings is 2. The molecule has 4 rings (SSSR count). The van der Waals surface area contributed by atoms with Crippen molar-refractivity contribution >= 4 is 51.9 Å². The number of carbonyl (C=O) groups excluding carboxylic acids is 1. The molecule has 0 atom stereocenters. The lowest BCUT2D eigenvalue weighted by molar-refractivity contribution is -0.122. The van der Waals surface area contributed by atoms with Crippen molar-refractivity contribution in [3.63, 3.8) is 0 Å². The summed E-state index contributed by atoms with van der Waals surface area (Å²) >= 11 is 12.6. The van der Waals surface area contributed by atoms with Crippen LogP contribution in [0.15, 0.2) is 47.4 Å². The lowest BCUT2D eigenvalue weighted by Crippen LogP contribution is -2.27. The molecule has 2 aliphatic rings. The third-order valence-electron chi connectivity index (χ3n) is 3.82. The second-order valence-corrected chi connectivity index (χ2v) is 7.62. The van der Waals surface area contributed by atoms with Crippen LogP contribution in [-0.2, 0) is 11.3 Å². The van der Waals surface area contributed by atoms with Crippen molar-refractivity contribution in [3.8, 4) is 11.5 Å². The second-order valence-electron chi connectivity index (χ2n) is 5.51. The summed E-state index contributed by atoms with van der Waals surface area (Å²) in [5.41, 5.74) is 1.85. The van der Waals surface area contributed by atoms with Crippen LogP contribution in [0.4, 0.5) is 0 Å². The van der Waals surface area contributed by atoms with Gasteiger partial charge in [0.15, 0.2) is 11.5 Å². The maximum absolute atomic E-state index is 12.7. The molecule has 0 bridgehead atoms. The predicted octanol–water partition coefficient (Wildman–Crippen LogP) is 4.47. The predicted molar refractivity (Wildman–Crippen MR) is 103 cm³/mol. The summed E-state index contributed by atoms with van der Waals surface area (Å²) in [6, 6.07) is 13.0. The molecular weight excluding hydrogens is 378 g/mol. The Balaban J connectivity index is 1.54. The van der Waals surface area contributed by atoms with Gasteiger partial charge in [-0.3, -0.25) is 9.69 Å². The maximum atomic E-state index is 12.7. The first-order valence-corrected chi connectivity index (χ1v) is 9.10. The number of fused-ring (bicyclic) bond motifs is 1. The molecule has 25 heavy (non-hydrogen) atoms. The van der Waals surface area contributed by atoms with Gasteiger partial charge < -0.3 is 9.47 Å². The van der Waals surface area contributed by atoms with Crippen LogP contribution in [0.1, 0.15) is 11.1 Å². The Morgan fingerprint density at radius 3 is 2.72 bits per heavy atom. The molecular formula is C18H12ClNO3S2. The van der Waals surface area contributed by atoms with Crippen LogP contribution in [-0.4, -0.2) is 21.9 Å². The number of rotatable bonds is 3. The highest BCUT2D eigenvalue weighted by molar-refractivity contribution is 8.26. The van der Waals surface area contributed by atoms with Crippen molar-refractivity contribution in [1.82, 2.24) is 4.90 Å². The molecule has 0 aliphatic carbocycles. The number of carbonyl (C=O) groups is 1. The van der Waals surface area contributed by atoms with E-state index in [2.05, 4.69) is 0 Å². The topological polar surface area (TPSA) is 38.8 Å². The first-order valence-electron chi connectivity index (χ1n) is 7.49. The zero-order chi connectivity index (χ0) is 17.4. The highest BCUT2D eigenvalue weighted by Gasteiger charge is 2.32.